The molecular formula is C30H39N7O3S. The van der Waals surface area contributed by atoms with Gasteiger partial charge in [-0.15, -0.1) is 11.8 Å². The van der Waals surface area contributed by atoms with Gasteiger partial charge in [0.2, 0.25) is 5.95 Å². The van der Waals surface area contributed by atoms with Crippen molar-refractivity contribution < 1.29 is 14.1 Å². The molecule has 2 unspecified atom stereocenters. The van der Waals surface area contributed by atoms with Crippen LogP contribution in [0.2, 0.25) is 0 Å². The van der Waals surface area contributed by atoms with E-state index in [-0.39, 0.29) is 23.5 Å². The molecule has 2 aliphatic heterocycles. The molecule has 4 atom stereocenters. The first-order valence-corrected chi connectivity index (χ1v) is 15.6. The number of hydrogen-bond donors (Lipinski definition) is 1. The summed E-state index contributed by atoms with van der Waals surface area (Å²) in [4.78, 5) is 26.3. The van der Waals surface area contributed by atoms with Crippen LogP contribution >= 0.6 is 11.8 Å². The van der Waals surface area contributed by atoms with E-state index in [1.807, 2.05) is 26.8 Å². The summed E-state index contributed by atoms with van der Waals surface area (Å²) in [6.07, 6.45) is 8.28. The zero-order valence-corrected chi connectivity index (χ0v) is 25.2. The van der Waals surface area contributed by atoms with Crippen LogP contribution in [0.25, 0.3) is 11.5 Å². The van der Waals surface area contributed by atoms with Crippen LogP contribution in [0.15, 0.2) is 27.4 Å². The highest BCUT2D eigenvalue weighted by Gasteiger charge is 2.55. The van der Waals surface area contributed by atoms with Gasteiger partial charge in [-0.25, -0.2) is 14.8 Å². The average Bonchev–Trinajstić information content (AvgIpc) is 3.45. The Morgan fingerprint density at radius 1 is 1.27 bits per heavy atom. The number of nitriles is 1. The summed E-state index contributed by atoms with van der Waals surface area (Å²) in [5.74, 6) is 1.39. The van der Waals surface area contributed by atoms with Gasteiger partial charge < -0.3 is 24.8 Å². The lowest BCUT2D eigenvalue weighted by molar-refractivity contribution is 0.0251. The van der Waals surface area contributed by atoms with Crippen LogP contribution in [-0.4, -0.2) is 62.6 Å². The lowest BCUT2D eigenvalue weighted by Crippen LogP contribution is -2.46. The number of fused-ring (bicyclic) bond motifs is 4. The maximum absolute atomic E-state index is 12.8. The van der Waals surface area contributed by atoms with Crippen LogP contribution < -0.4 is 10.6 Å². The largest absolute Gasteiger partial charge is 0.444 e. The molecule has 10 nitrogen and oxygen atoms in total. The summed E-state index contributed by atoms with van der Waals surface area (Å²) in [6.45, 7) is 9.62. The van der Waals surface area contributed by atoms with E-state index < -0.39 is 5.60 Å². The van der Waals surface area contributed by atoms with E-state index in [1.54, 1.807) is 22.9 Å². The van der Waals surface area contributed by atoms with Crippen LogP contribution in [0.3, 0.4) is 0 Å². The summed E-state index contributed by atoms with van der Waals surface area (Å²) in [7, 11) is 0. The molecule has 2 N–H and O–H groups in total. The molecule has 1 saturated heterocycles. The normalized spacial score (nSPS) is 28.2. The first kappa shape index (κ1) is 27.9. The van der Waals surface area contributed by atoms with Crippen LogP contribution in [0.4, 0.5) is 10.7 Å². The van der Waals surface area contributed by atoms with Gasteiger partial charge >= 0.3 is 6.09 Å². The van der Waals surface area contributed by atoms with Crippen molar-refractivity contribution in [2.75, 3.05) is 24.5 Å². The number of hydrogen-bond acceptors (Lipinski definition) is 10. The van der Waals surface area contributed by atoms with Crippen molar-refractivity contribution in [3.63, 3.8) is 0 Å². The Balaban J connectivity index is 1.28. The molecular weight excluding hydrogens is 538 g/mol. The highest BCUT2D eigenvalue weighted by Crippen LogP contribution is 2.60. The number of anilines is 1. The summed E-state index contributed by atoms with van der Waals surface area (Å²) < 4.78 is 11.7. The fraction of sp³-hybridized carbons (Fsp3) is 0.633. The maximum Gasteiger partial charge on any atom is 0.410 e. The highest BCUT2D eigenvalue weighted by atomic mass is 32.2. The third-order valence-electron chi connectivity index (χ3n) is 8.99. The second kappa shape index (κ2) is 10.5. The van der Waals surface area contributed by atoms with Crippen molar-refractivity contribution in [1.82, 2.24) is 20.0 Å². The predicted molar refractivity (Wildman–Crippen MR) is 157 cm³/mol. The van der Waals surface area contributed by atoms with Gasteiger partial charge in [0.1, 0.15) is 11.3 Å². The minimum Gasteiger partial charge on any atom is -0.444 e. The van der Waals surface area contributed by atoms with Crippen molar-refractivity contribution in [3.8, 4) is 17.5 Å². The van der Waals surface area contributed by atoms with E-state index >= 15 is 0 Å². The standard InChI is InChI=1S/C30H39N7O3S/c1-18-17-36(28(38)39-29(2,3)4)14-7-15-37(18)27-33-13-10-21(34-27)24-19-8-5-11-30(25(19)35-40-24)12-6-9-22-23(30)20(16-31)26(32)41-22/h10,13,18,22-23H,5-9,11-12,14-15,17,32H2,1-4H3/t18-,22?,23?,30-/m0/s1. The summed E-state index contributed by atoms with van der Waals surface area (Å²) in [5.41, 5.74) is 9.13. The molecule has 1 spiro atoms. The van der Waals surface area contributed by atoms with Gasteiger partial charge in [-0.1, -0.05) is 11.6 Å². The van der Waals surface area contributed by atoms with Gasteiger partial charge in [0.05, 0.1) is 22.4 Å². The lowest BCUT2D eigenvalue weighted by atomic mass is 9.57. The number of aromatic nitrogens is 3. The van der Waals surface area contributed by atoms with Crippen molar-refractivity contribution in [2.45, 2.75) is 94.9 Å². The minimum atomic E-state index is -0.535. The van der Waals surface area contributed by atoms with E-state index in [9.17, 15) is 10.1 Å². The molecule has 0 aromatic carbocycles. The van der Waals surface area contributed by atoms with E-state index in [1.165, 1.54) is 0 Å². The van der Waals surface area contributed by atoms with Crippen molar-refractivity contribution >= 4 is 23.8 Å². The van der Waals surface area contributed by atoms with Gasteiger partial charge in [0.15, 0.2) is 5.76 Å². The van der Waals surface area contributed by atoms with E-state index in [0.29, 0.717) is 40.8 Å². The number of nitrogens with two attached hydrogens (primary N) is 1. The molecule has 2 aliphatic carbocycles. The highest BCUT2D eigenvalue weighted by molar-refractivity contribution is 8.03. The quantitative estimate of drug-likeness (QED) is 0.510. The van der Waals surface area contributed by atoms with E-state index in [2.05, 4.69) is 22.9 Å². The van der Waals surface area contributed by atoms with Crippen LogP contribution in [0, 0.1) is 17.2 Å². The smallest absolute Gasteiger partial charge is 0.410 e. The van der Waals surface area contributed by atoms with Gasteiger partial charge in [0, 0.05) is 54.0 Å². The van der Waals surface area contributed by atoms with Crippen molar-refractivity contribution in [3.05, 3.63) is 34.1 Å². The van der Waals surface area contributed by atoms with Crippen LogP contribution in [0.1, 0.15) is 77.5 Å². The van der Waals surface area contributed by atoms with Crippen LogP contribution in [-0.2, 0) is 16.6 Å². The Kier molecular flexibility index (Phi) is 7.17. The zero-order valence-electron chi connectivity index (χ0n) is 24.4. The lowest BCUT2D eigenvalue weighted by Gasteiger charge is -2.46. The molecule has 6 rings (SSSR count). The Labute approximate surface area is 245 Å². The number of ether oxygens (including phenoxy) is 1. The number of amides is 1. The second-order valence-corrected chi connectivity index (χ2v) is 14.1. The number of nitrogens with zero attached hydrogens (tertiary/aromatic N) is 6. The van der Waals surface area contributed by atoms with Crippen molar-refractivity contribution in [2.24, 2.45) is 11.7 Å². The molecule has 1 amide bonds. The Morgan fingerprint density at radius 2 is 2.07 bits per heavy atom. The molecule has 2 fully saturated rings. The predicted octanol–water partition coefficient (Wildman–Crippen LogP) is 5.15. The van der Waals surface area contributed by atoms with Gasteiger partial charge in [0.25, 0.3) is 0 Å². The average molecular weight is 578 g/mol. The molecule has 218 valence electrons. The number of carbonyl (C=O) groups is 1. The molecule has 11 heteroatoms. The molecule has 4 aliphatic rings. The minimum absolute atomic E-state index is 0.00728. The van der Waals surface area contributed by atoms with E-state index in [4.69, 9.17) is 25.1 Å². The zero-order chi connectivity index (χ0) is 28.9. The Bertz CT molecular complexity index is 1410. The summed E-state index contributed by atoms with van der Waals surface area (Å²) in [6, 6.07) is 4.34. The molecule has 0 bridgehead atoms. The molecule has 0 radical (unpaired) electrons. The molecule has 41 heavy (non-hydrogen) atoms. The van der Waals surface area contributed by atoms with Crippen LogP contribution in [0.5, 0.6) is 0 Å². The van der Waals surface area contributed by atoms with Gasteiger partial charge in [-0.05, 0) is 72.3 Å². The summed E-state index contributed by atoms with van der Waals surface area (Å²) >= 11 is 1.67. The Morgan fingerprint density at radius 3 is 2.85 bits per heavy atom. The first-order valence-electron chi connectivity index (χ1n) is 14.7. The third-order valence-corrected chi connectivity index (χ3v) is 10.3. The third kappa shape index (κ3) is 4.94. The number of allylic oxidation sites excluding steroid dienone is 1. The van der Waals surface area contributed by atoms with Crippen molar-refractivity contribution in [1.29, 1.82) is 5.26 Å². The monoisotopic (exact) mass is 577 g/mol. The number of rotatable bonds is 2. The molecule has 2 aromatic heterocycles. The van der Waals surface area contributed by atoms with E-state index in [0.717, 1.165) is 68.3 Å². The first-order chi connectivity index (χ1) is 19.6. The maximum atomic E-state index is 12.8. The fourth-order valence-corrected chi connectivity index (χ4v) is 8.78. The second-order valence-electron chi connectivity index (χ2n) is 12.8. The van der Waals surface area contributed by atoms with Gasteiger partial charge in [-0.3, -0.25) is 0 Å². The molecule has 2 aromatic rings. The Hall–Kier alpha value is -3.26. The van der Waals surface area contributed by atoms with Gasteiger partial charge in [-0.2, -0.15) is 5.26 Å². The molecule has 4 heterocycles. The molecule has 1 saturated carbocycles. The number of thioether (sulfide) groups is 1. The SMILES string of the molecule is C[C@H]1CN(C(=O)OC(C)(C)C)CCCN1c1nccc(-c2onc3c2CCC[C@@]32CCCC3SC(N)=C(C#N)C32)n1. The topological polar surface area (TPSA) is 134 Å². The summed E-state index contributed by atoms with van der Waals surface area (Å²) in [5, 5.41) is 15.7. The fourth-order valence-electron chi connectivity index (χ4n) is 7.33. The number of carbonyl (C=O) groups excluding carboxylic acids is 1.